The summed E-state index contributed by atoms with van der Waals surface area (Å²) in [4.78, 5) is 13.1. The van der Waals surface area contributed by atoms with E-state index in [1.807, 2.05) is 31.2 Å². The maximum absolute atomic E-state index is 13.4. The Bertz CT molecular complexity index is 1240. The second kappa shape index (κ2) is 10.4. The number of halogens is 2. The molecule has 0 radical (unpaired) electrons. The monoisotopic (exact) mass is 518 g/mol. The summed E-state index contributed by atoms with van der Waals surface area (Å²) in [6.45, 7) is 7.83. The Morgan fingerprint density at radius 3 is 2.03 bits per heavy atom. The van der Waals surface area contributed by atoms with Gasteiger partial charge in [0.05, 0.1) is 16.6 Å². The highest BCUT2D eigenvalue weighted by atomic mass is 35.5. The first-order valence-electron chi connectivity index (χ1n) is 10.8. The Morgan fingerprint density at radius 1 is 0.941 bits per heavy atom. The van der Waals surface area contributed by atoms with Gasteiger partial charge >= 0.3 is 0 Å². The third kappa shape index (κ3) is 6.32. The summed E-state index contributed by atoms with van der Waals surface area (Å²) in [5.74, 6) is -0.456. The molecule has 180 valence electrons. The van der Waals surface area contributed by atoms with Gasteiger partial charge in [0.25, 0.3) is 10.0 Å². The Kier molecular flexibility index (Phi) is 7.96. The molecule has 0 bridgehead atoms. The molecule has 34 heavy (non-hydrogen) atoms. The standard InChI is InChI=1S/C26H28Cl2N2O3S/c1-18(19-10-12-20(13-11-19)26(2,3)4)29-25(31)17-30(23-15-21(27)14-22(28)16-23)34(32,33)24-8-6-5-7-9-24/h5-16,18H,17H2,1-4H3,(H,29,31). The molecule has 8 heteroatoms. The van der Waals surface area contributed by atoms with Crippen molar-refractivity contribution in [1.82, 2.24) is 5.32 Å². The van der Waals surface area contributed by atoms with Crippen LogP contribution in [0.15, 0.2) is 77.7 Å². The minimum atomic E-state index is -4.05. The molecule has 3 aromatic carbocycles. The van der Waals surface area contributed by atoms with Crippen molar-refractivity contribution in [2.75, 3.05) is 10.8 Å². The number of hydrogen-bond donors (Lipinski definition) is 1. The molecular formula is C26H28Cl2N2O3S. The zero-order valence-electron chi connectivity index (χ0n) is 19.5. The maximum Gasteiger partial charge on any atom is 0.264 e. The molecule has 1 unspecified atom stereocenters. The van der Waals surface area contributed by atoms with Gasteiger partial charge in [-0.25, -0.2) is 8.42 Å². The van der Waals surface area contributed by atoms with Crippen LogP contribution in [0.3, 0.4) is 0 Å². The predicted molar refractivity (Wildman–Crippen MR) is 139 cm³/mol. The molecule has 3 rings (SSSR count). The van der Waals surface area contributed by atoms with Gasteiger partial charge < -0.3 is 5.32 Å². The molecular weight excluding hydrogens is 491 g/mol. The average molecular weight is 519 g/mol. The van der Waals surface area contributed by atoms with Gasteiger partial charge in [0.2, 0.25) is 5.91 Å². The van der Waals surface area contributed by atoms with E-state index in [4.69, 9.17) is 23.2 Å². The predicted octanol–water partition coefficient (Wildman–Crippen LogP) is 6.36. The Labute approximate surface area is 211 Å². The molecule has 3 aromatic rings. The smallest absolute Gasteiger partial charge is 0.264 e. The number of nitrogens with one attached hydrogen (secondary N) is 1. The summed E-state index contributed by atoms with van der Waals surface area (Å²) in [7, 11) is -4.05. The molecule has 0 fully saturated rings. The molecule has 0 saturated carbocycles. The van der Waals surface area contributed by atoms with Crippen LogP contribution in [0.4, 0.5) is 5.69 Å². The second-order valence-corrected chi connectivity index (χ2v) is 11.8. The van der Waals surface area contributed by atoms with Gasteiger partial charge in [-0.2, -0.15) is 0 Å². The summed E-state index contributed by atoms with van der Waals surface area (Å²) in [5.41, 5.74) is 2.34. The first kappa shape index (κ1) is 26.1. The van der Waals surface area contributed by atoms with Gasteiger partial charge in [0.1, 0.15) is 6.54 Å². The van der Waals surface area contributed by atoms with Gasteiger partial charge in [0.15, 0.2) is 0 Å². The van der Waals surface area contributed by atoms with Gasteiger partial charge in [-0.15, -0.1) is 0 Å². The molecule has 0 spiro atoms. The number of benzene rings is 3. The molecule has 0 aliphatic carbocycles. The molecule has 0 heterocycles. The molecule has 0 aromatic heterocycles. The maximum atomic E-state index is 13.4. The van der Waals surface area contributed by atoms with Crippen molar-refractivity contribution < 1.29 is 13.2 Å². The zero-order chi connectivity index (χ0) is 25.1. The fourth-order valence-electron chi connectivity index (χ4n) is 3.49. The highest BCUT2D eigenvalue weighted by Gasteiger charge is 2.28. The SMILES string of the molecule is CC(NC(=O)CN(c1cc(Cl)cc(Cl)c1)S(=O)(=O)c1ccccc1)c1ccc(C(C)(C)C)cc1. The molecule has 1 amide bonds. The van der Waals surface area contributed by atoms with Crippen LogP contribution in [0.1, 0.15) is 44.9 Å². The quantitative estimate of drug-likeness (QED) is 0.395. The minimum absolute atomic E-state index is 0.0234. The van der Waals surface area contributed by atoms with Gasteiger partial charge in [-0.3, -0.25) is 9.10 Å². The lowest BCUT2D eigenvalue weighted by atomic mass is 9.86. The topological polar surface area (TPSA) is 66.5 Å². The lowest BCUT2D eigenvalue weighted by Crippen LogP contribution is -2.41. The third-order valence-corrected chi connectivity index (χ3v) is 7.63. The van der Waals surface area contributed by atoms with Crippen LogP contribution in [-0.2, 0) is 20.2 Å². The molecule has 1 N–H and O–H groups in total. The van der Waals surface area contributed by atoms with Crippen LogP contribution in [0, 0.1) is 0 Å². The molecule has 1 atom stereocenters. The van der Waals surface area contributed by atoms with Crippen LogP contribution < -0.4 is 9.62 Å². The lowest BCUT2D eigenvalue weighted by Gasteiger charge is -2.26. The number of anilines is 1. The number of hydrogen-bond acceptors (Lipinski definition) is 3. The van der Waals surface area contributed by atoms with Crippen LogP contribution >= 0.6 is 23.2 Å². The summed E-state index contributed by atoms with van der Waals surface area (Å²) < 4.78 is 27.9. The van der Waals surface area contributed by atoms with Crippen molar-refractivity contribution in [1.29, 1.82) is 0 Å². The number of rotatable bonds is 7. The number of amides is 1. The number of carbonyl (C=O) groups is 1. The van der Waals surface area contributed by atoms with E-state index < -0.39 is 22.5 Å². The van der Waals surface area contributed by atoms with Crippen LogP contribution in [-0.4, -0.2) is 20.9 Å². The van der Waals surface area contributed by atoms with Gasteiger partial charge in [-0.1, -0.05) is 86.4 Å². The molecule has 0 aliphatic heterocycles. The van der Waals surface area contributed by atoms with Crippen molar-refractivity contribution in [3.63, 3.8) is 0 Å². The normalized spacial score (nSPS) is 12.8. The van der Waals surface area contributed by atoms with Crippen molar-refractivity contribution in [3.8, 4) is 0 Å². The van der Waals surface area contributed by atoms with Gasteiger partial charge in [0, 0.05) is 10.0 Å². The molecule has 0 aliphatic rings. The summed E-state index contributed by atoms with van der Waals surface area (Å²) in [6.07, 6.45) is 0. The molecule has 0 saturated heterocycles. The summed E-state index contributed by atoms with van der Waals surface area (Å²) >= 11 is 12.3. The molecule has 5 nitrogen and oxygen atoms in total. The van der Waals surface area contributed by atoms with Crippen molar-refractivity contribution >= 4 is 44.8 Å². The fraction of sp³-hybridized carbons (Fsp3) is 0.269. The largest absolute Gasteiger partial charge is 0.348 e. The van der Waals surface area contributed by atoms with Crippen LogP contribution in [0.2, 0.25) is 10.0 Å². The van der Waals surface area contributed by atoms with Gasteiger partial charge in [-0.05, 0) is 53.8 Å². The van der Waals surface area contributed by atoms with Crippen molar-refractivity contribution in [3.05, 3.63) is 94.0 Å². The zero-order valence-corrected chi connectivity index (χ0v) is 21.9. The fourth-order valence-corrected chi connectivity index (χ4v) is 5.43. The first-order valence-corrected chi connectivity index (χ1v) is 13.0. The summed E-state index contributed by atoms with van der Waals surface area (Å²) in [6, 6.07) is 20.1. The lowest BCUT2D eigenvalue weighted by molar-refractivity contribution is -0.120. The van der Waals surface area contributed by atoms with Crippen molar-refractivity contribution in [2.24, 2.45) is 0 Å². The highest BCUT2D eigenvalue weighted by molar-refractivity contribution is 7.92. The van der Waals surface area contributed by atoms with E-state index in [-0.39, 0.29) is 32.1 Å². The van der Waals surface area contributed by atoms with E-state index in [0.29, 0.717) is 0 Å². The van der Waals surface area contributed by atoms with Crippen LogP contribution in [0.5, 0.6) is 0 Å². The Balaban J connectivity index is 1.87. The van der Waals surface area contributed by atoms with E-state index in [2.05, 4.69) is 26.1 Å². The van der Waals surface area contributed by atoms with E-state index in [1.165, 1.54) is 35.9 Å². The number of carbonyl (C=O) groups excluding carboxylic acids is 1. The second-order valence-electron chi connectivity index (χ2n) is 9.11. The van der Waals surface area contributed by atoms with E-state index in [0.717, 1.165) is 9.87 Å². The highest BCUT2D eigenvalue weighted by Crippen LogP contribution is 2.30. The Hall–Kier alpha value is -2.54. The van der Waals surface area contributed by atoms with E-state index in [9.17, 15) is 13.2 Å². The van der Waals surface area contributed by atoms with Crippen molar-refractivity contribution in [2.45, 2.75) is 44.0 Å². The number of nitrogens with zero attached hydrogens (tertiary/aromatic N) is 1. The third-order valence-electron chi connectivity index (χ3n) is 5.41. The average Bonchev–Trinajstić information content (AvgIpc) is 2.76. The Morgan fingerprint density at radius 2 is 1.50 bits per heavy atom. The van der Waals surface area contributed by atoms with Crippen LogP contribution in [0.25, 0.3) is 0 Å². The minimum Gasteiger partial charge on any atom is -0.348 e. The van der Waals surface area contributed by atoms with E-state index in [1.54, 1.807) is 18.2 Å². The summed E-state index contributed by atoms with van der Waals surface area (Å²) in [5, 5.41) is 3.43. The number of sulfonamides is 1. The first-order chi connectivity index (χ1) is 15.9. The van der Waals surface area contributed by atoms with E-state index >= 15 is 0 Å².